The third-order valence-corrected chi connectivity index (χ3v) is 2.44. The number of aromatic nitrogens is 2. The van der Waals surface area contributed by atoms with Crippen LogP contribution in [0.3, 0.4) is 0 Å². The Morgan fingerprint density at radius 3 is 2.94 bits per heavy atom. The Kier molecular flexibility index (Phi) is 2.92. The monoisotopic (exact) mass is 217 g/mol. The minimum absolute atomic E-state index is 0.452. The first-order valence-corrected chi connectivity index (χ1v) is 5.14. The van der Waals surface area contributed by atoms with Gasteiger partial charge in [0, 0.05) is 12.1 Å². The zero-order valence-corrected chi connectivity index (χ0v) is 9.45. The van der Waals surface area contributed by atoms with Crippen LogP contribution in [-0.2, 0) is 6.54 Å². The smallest absolute Gasteiger partial charge is 0.119 e. The number of nitrogens with two attached hydrogens (primary N) is 1. The fourth-order valence-corrected chi connectivity index (χ4v) is 1.70. The molecular weight excluding hydrogens is 202 g/mol. The lowest BCUT2D eigenvalue weighted by Crippen LogP contribution is -1.98. The standard InChI is InChI=1S/C12H15N3O/c1-8-14-11(7-13)12(15-8)9-4-3-5-10(6-9)16-2/h3-6H,7,13H2,1-2H3,(H,14,15). The quantitative estimate of drug-likeness (QED) is 0.824. The van der Waals surface area contributed by atoms with Crippen molar-refractivity contribution in [3.63, 3.8) is 0 Å². The second-order valence-electron chi connectivity index (χ2n) is 3.59. The summed E-state index contributed by atoms with van der Waals surface area (Å²) in [5, 5.41) is 0. The first kappa shape index (κ1) is 10.7. The van der Waals surface area contributed by atoms with Gasteiger partial charge in [0.15, 0.2) is 0 Å². The summed E-state index contributed by atoms with van der Waals surface area (Å²) < 4.78 is 5.19. The van der Waals surface area contributed by atoms with Gasteiger partial charge in [-0.05, 0) is 19.1 Å². The maximum absolute atomic E-state index is 5.67. The Bertz CT molecular complexity index is 491. The summed E-state index contributed by atoms with van der Waals surface area (Å²) in [6.45, 7) is 2.37. The van der Waals surface area contributed by atoms with Gasteiger partial charge in [-0.2, -0.15) is 0 Å². The van der Waals surface area contributed by atoms with E-state index in [9.17, 15) is 0 Å². The van der Waals surface area contributed by atoms with Crippen molar-refractivity contribution >= 4 is 0 Å². The summed E-state index contributed by atoms with van der Waals surface area (Å²) >= 11 is 0. The summed E-state index contributed by atoms with van der Waals surface area (Å²) in [7, 11) is 1.65. The van der Waals surface area contributed by atoms with Gasteiger partial charge in [-0.1, -0.05) is 12.1 Å². The molecule has 0 spiro atoms. The first-order chi connectivity index (χ1) is 7.74. The molecule has 3 N–H and O–H groups in total. The SMILES string of the molecule is COc1cccc(-c2nc(C)[nH]c2CN)c1. The molecule has 0 fully saturated rings. The highest BCUT2D eigenvalue weighted by molar-refractivity contribution is 5.63. The van der Waals surface area contributed by atoms with Crippen molar-refractivity contribution in [3.8, 4) is 17.0 Å². The summed E-state index contributed by atoms with van der Waals surface area (Å²) in [5.41, 5.74) is 8.54. The Morgan fingerprint density at radius 2 is 2.25 bits per heavy atom. The van der Waals surface area contributed by atoms with Crippen molar-refractivity contribution < 1.29 is 4.74 Å². The zero-order valence-electron chi connectivity index (χ0n) is 9.45. The van der Waals surface area contributed by atoms with E-state index in [0.29, 0.717) is 6.54 Å². The molecule has 0 saturated heterocycles. The van der Waals surface area contributed by atoms with E-state index in [0.717, 1.165) is 28.5 Å². The highest BCUT2D eigenvalue weighted by atomic mass is 16.5. The van der Waals surface area contributed by atoms with E-state index in [2.05, 4.69) is 9.97 Å². The molecule has 1 aromatic carbocycles. The number of aromatic amines is 1. The van der Waals surface area contributed by atoms with Gasteiger partial charge < -0.3 is 15.5 Å². The average molecular weight is 217 g/mol. The van der Waals surface area contributed by atoms with E-state index < -0.39 is 0 Å². The van der Waals surface area contributed by atoms with Crippen molar-refractivity contribution in [1.29, 1.82) is 0 Å². The molecule has 2 aromatic rings. The maximum atomic E-state index is 5.67. The topological polar surface area (TPSA) is 63.9 Å². The molecular formula is C12H15N3O. The number of methoxy groups -OCH3 is 1. The predicted molar refractivity (Wildman–Crippen MR) is 63.2 cm³/mol. The van der Waals surface area contributed by atoms with Crippen LogP contribution in [0.15, 0.2) is 24.3 Å². The highest BCUT2D eigenvalue weighted by Crippen LogP contribution is 2.24. The third-order valence-electron chi connectivity index (χ3n) is 2.44. The van der Waals surface area contributed by atoms with Crippen LogP contribution in [0.1, 0.15) is 11.5 Å². The number of imidazole rings is 1. The van der Waals surface area contributed by atoms with Gasteiger partial charge >= 0.3 is 0 Å². The number of rotatable bonds is 3. The molecule has 0 amide bonds. The largest absolute Gasteiger partial charge is 0.497 e. The number of nitrogens with zero attached hydrogens (tertiary/aromatic N) is 1. The number of hydrogen-bond acceptors (Lipinski definition) is 3. The average Bonchev–Trinajstić information content (AvgIpc) is 2.70. The van der Waals surface area contributed by atoms with Crippen LogP contribution in [-0.4, -0.2) is 17.1 Å². The maximum Gasteiger partial charge on any atom is 0.119 e. The van der Waals surface area contributed by atoms with Crippen molar-refractivity contribution in [2.75, 3.05) is 7.11 Å². The number of nitrogens with one attached hydrogen (secondary N) is 1. The van der Waals surface area contributed by atoms with E-state index in [1.807, 2.05) is 31.2 Å². The van der Waals surface area contributed by atoms with Gasteiger partial charge in [0.1, 0.15) is 11.6 Å². The fourth-order valence-electron chi connectivity index (χ4n) is 1.70. The minimum atomic E-state index is 0.452. The van der Waals surface area contributed by atoms with Crippen LogP contribution >= 0.6 is 0 Å². The normalized spacial score (nSPS) is 10.4. The molecule has 1 aromatic heterocycles. The summed E-state index contributed by atoms with van der Waals surface area (Å²) in [6.07, 6.45) is 0. The molecule has 4 nitrogen and oxygen atoms in total. The second kappa shape index (κ2) is 4.37. The molecule has 0 bridgehead atoms. The lowest BCUT2D eigenvalue weighted by molar-refractivity contribution is 0.415. The van der Waals surface area contributed by atoms with E-state index in [4.69, 9.17) is 10.5 Å². The molecule has 16 heavy (non-hydrogen) atoms. The van der Waals surface area contributed by atoms with Crippen LogP contribution in [0.2, 0.25) is 0 Å². The van der Waals surface area contributed by atoms with Crippen LogP contribution < -0.4 is 10.5 Å². The van der Waals surface area contributed by atoms with E-state index >= 15 is 0 Å². The third kappa shape index (κ3) is 1.92. The Hall–Kier alpha value is -1.81. The number of benzene rings is 1. The Balaban J connectivity index is 2.48. The lowest BCUT2D eigenvalue weighted by Gasteiger charge is -2.03. The van der Waals surface area contributed by atoms with Gasteiger partial charge in [0.25, 0.3) is 0 Å². The van der Waals surface area contributed by atoms with Crippen LogP contribution in [0.5, 0.6) is 5.75 Å². The number of ether oxygens (including phenoxy) is 1. The van der Waals surface area contributed by atoms with Crippen LogP contribution in [0.25, 0.3) is 11.3 Å². The van der Waals surface area contributed by atoms with Gasteiger partial charge in [-0.15, -0.1) is 0 Å². The van der Waals surface area contributed by atoms with Gasteiger partial charge in [-0.3, -0.25) is 0 Å². The van der Waals surface area contributed by atoms with Crippen molar-refractivity contribution in [3.05, 3.63) is 35.8 Å². The first-order valence-electron chi connectivity index (χ1n) is 5.14. The van der Waals surface area contributed by atoms with Crippen molar-refractivity contribution in [2.24, 2.45) is 5.73 Å². The molecule has 0 atom stereocenters. The molecule has 4 heteroatoms. The molecule has 84 valence electrons. The Labute approximate surface area is 94.5 Å². The zero-order chi connectivity index (χ0) is 11.5. The number of hydrogen-bond donors (Lipinski definition) is 2. The molecule has 0 aliphatic rings. The molecule has 2 rings (SSSR count). The highest BCUT2D eigenvalue weighted by Gasteiger charge is 2.09. The molecule has 0 aliphatic heterocycles. The fraction of sp³-hybridized carbons (Fsp3) is 0.250. The van der Waals surface area contributed by atoms with E-state index in [1.54, 1.807) is 7.11 Å². The molecule has 1 heterocycles. The predicted octanol–water partition coefficient (Wildman–Crippen LogP) is 1.85. The van der Waals surface area contributed by atoms with Gasteiger partial charge in [-0.25, -0.2) is 4.98 Å². The van der Waals surface area contributed by atoms with E-state index in [-0.39, 0.29) is 0 Å². The molecule has 0 unspecified atom stereocenters. The number of aryl methyl sites for hydroxylation is 1. The molecule has 0 aliphatic carbocycles. The molecule has 0 saturated carbocycles. The Morgan fingerprint density at radius 1 is 1.44 bits per heavy atom. The summed E-state index contributed by atoms with van der Waals surface area (Å²) in [6, 6.07) is 7.80. The van der Waals surface area contributed by atoms with Crippen molar-refractivity contribution in [2.45, 2.75) is 13.5 Å². The minimum Gasteiger partial charge on any atom is -0.497 e. The lowest BCUT2D eigenvalue weighted by atomic mass is 10.1. The second-order valence-corrected chi connectivity index (χ2v) is 3.59. The van der Waals surface area contributed by atoms with Crippen molar-refractivity contribution in [1.82, 2.24) is 9.97 Å². The summed E-state index contributed by atoms with van der Waals surface area (Å²) in [4.78, 5) is 7.59. The number of H-pyrrole nitrogens is 1. The van der Waals surface area contributed by atoms with Gasteiger partial charge in [0.2, 0.25) is 0 Å². The van der Waals surface area contributed by atoms with Crippen LogP contribution in [0.4, 0.5) is 0 Å². The summed E-state index contributed by atoms with van der Waals surface area (Å²) in [5.74, 6) is 1.69. The van der Waals surface area contributed by atoms with Gasteiger partial charge in [0.05, 0.1) is 18.5 Å². The molecule has 0 radical (unpaired) electrons. The van der Waals surface area contributed by atoms with Crippen LogP contribution in [0, 0.1) is 6.92 Å². The van der Waals surface area contributed by atoms with E-state index in [1.165, 1.54) is 0 Å².